The number of rotatable bonds is 5. The maximum absolute atomic E-state index is 12.2. The molecule has 1 heterocycles. The number of hydrogen-bond donors (Lipinski definition) is 1. The normalized spacial score (nSPS) is 12.4. The Morgan fingerprint density at radius 3 is 2.57 bits per heavy atom. The second-order valence-electron chi connectivity index (χ2n) is 5.90. The summed E-state index contributed by atoms with van der Waals surface area (Å²) in [6.45, 7) is 2.23. The quantitative estimate of drug-likeness (QED) is 0.906. The van der Waals surface area contributed by atoms with E-state index in [4.69, 9.17) is 4.74 Å². The van der Waals surface area contributed by atoms with Crippen molar-refractivity contribution in [2.45, 2.75) is 19.5 Å². The Labute approximate surface area is 135 Å². The van der Waals surface area contributed by atoms with Gasteiger partial charge < -0.3 is 14.6 Å². The van der Waals surface area contributed by atoms with E-state index in [9.17, 15) is 9.59 Å². The number of fused-ring (bicyclic) bond motifs is 1. The van der Waals surface area contributed by atoms with Gasteiger partial charge in [0, 0.05) is 37.1 Å². The molecule has 2 aromatic rings. The first kappa shape index (κ1) is 17.0. The molecule has 0 bridgehead atoms. The van der Waals surface area contributed by atoms with Crippen LogP contribution in [0.15, 0.2) is 29.1 Å². The molecule has 124 valence electrons. The van der Waals surface area contributed by atoms with Gasteiger partial charge in [-0.3, -0.25) is 14.5 Å². The third kappa shape index (κ3) is 3.71. The second kappa shape index (κ2) is 6.83. The zero-order chi connectivity index (χ0) is 17.1. The number of benzene rings is 1. The average Bonchev–Trinajstić information content (AvgIpc) is 2.53. The van der Waals surface area contributed by atoms with Crippen molar-refractivity contribution in [2.24, 2.45) is 0 Å². The Kier molecular flexibility index (Phi) is 5.05. The van der Waals surface area contributed by atoms with Crippen molar-refractivity contribution in [3.05, 3.63) is 40.2 Å². The Hall–Kier alpha value is -2.34. The van der Waals surface area contributed by atoms with Gasteiger partial charge in [0.15, 0.2) is 0 Å². The van der Waals surface area contributed by atoms with Gasteiger partial charge in [-0.05, 0) is 38.2 Å². The molecule has 0 saturated carbocycles. The summed E-state index contributed by atoms with van der Waals surface area (Å²) in [6, 6.07) is 7.05. The van der Waals surface area contributed by atoms with Crippen LogP contribution in [0, 0.1) is 0 Å². The molecule has 6 nitrogen and oxygen atoms in total. The number of nitrogens with zero attached hydrogens (tertiary/aromatic N) is 2. The summed E-state index contributed by atoms with van der Waals surface area (Å²) >= 11 is 0. The van der Waals surface area contributed by atoms with Crippen molar-refractivity contribution in [1.82, 2.24) is 14.8 Å². The van der Waals surface area contributed by atoms with Gasteiger partial charge in [0.2, 0.25) is 5.91 Å². The fourth-order valence-corrected chi connectivity index (χ4v) is 2.44. The van der Waals surface area contributed by atoms with Gasteiger partial charge in [-0.1, -0.05) is 0 Å². The lowest BCUT2D eigenvalue weighted by Crippen LogP contribution is -2.42. The van der Waals surface area contributed by atoms with E-state index in [1.54, 1.807) is 26.1 Å². The number of hydrogen-bond acceptors (Lipinski definition) is 4. The van der Waals surface area contributed by atoms with Crippen LogP contribution in [0.4, 0.5) is 0 Å². The number of H-pyrrole nitrogens is 1. The SMILES string of the molecule is COc1ccc2[nH]c(=O)c(CN(C)C(C)C(=O)N(C)C)cc2c1. The number of likely N-dealkylation sites (N-methyl/N-ethyl adjacent to an activating group) is 2. The van der Waals surface area contributed by atoms with Crippen molar-refractivity contribution in [1.29, 1.82) is 0 Å². The maximum Gasteiger partial charge on any atom is 0.252 e. The van der Waals surface area contributed by atoms with E-state index in [0.717, 1.165) is 16.7 Å². The lowest BCUT2D eigenvalue weighted by atomic mass is 10.1. The highest BCUT2D eigenvalue weighted by molar-refractivity contribution is 5.81. The molecule has 0 radical (unpaired) electrons. The van der Waals surface area contributed by atoms with Crippen LogP contribution >= 0.6 is 0 Å². The van der Waals surface area contributed by atoms with Crippen LogP contribution < -0.4 is 10.3 Å². The van der Waals surface area contributed by atoms with E-state index < -0.39 is 0 Å². The van der Waals surface area contributed by atoms with Crippen molar-refractivity contribution >= 4 is 16.8 Å². The first-order valence-electron chi connectivity index (χ1n) is 7.45. The van der Waals surface area contributed by atoms with Crippen molar-refractivity contribution in [3.63, 3.8) is 0 Å². The third-order valence-corrected chi connectivity index (χ3v) is 4.01. The van der Waals surface area contributed by atoms with Crippen LogP contribution in [0.1, 0.15) is 12.5 Å². The highest BCUT2D eigenvalue weighted by Gasteiger charge is 2.20. The molecule has 1 aromatic carbocycles. The highest BCUT2D eigenvalue weighted by Crippen LogP contribution is 2.19. The number of amides is 1. The monoisotopic (exact) mass is 317 g/mol. The molecule has 2 rings (SSSR count). The standard InChI is InChI=1S/C17H23N3O3/c1-11(17(22)19(2)3)20(4)10-13-8-12-9-14(23-5)6-7-15(12)18-16(13)21/h6-9,11H,10H2,1-5H3,(H,18,21). The van der Waals surface area contributed by atoms with Gasteiger partial charge in [0.25, 0.3) is 5.56 Å². The summed E-state index contributed by atoms with van der Waals surface area (Å²) in [5, 5.41) is 0.902. The number of ether oxygens (including phenoxy) is 1. The Bertz CT molecular complexity index is 767. The summed E-state index contributed by atoms with van der Waals surface area (Å²) in [4.78, 5) is 30.6. The molecule has 0 aliphatic rings. The molecule has 23 heavy (non-hydrogen) atoms. The van der Waals surface area contributed by atoms with Crippen molar-refractivity contribution in [2.75, 3.05) is 28.3 Å². The van der Waals surface area contributed by atoms with Crippen molar-refractivity contribution < 1.29 is 9.53 Å². The zero-order valence-electron chi connectivity index (χ0n) is 14.2. The van der Waals surface area contributed by atoms with Crippen LogP contribution in [0.2, 0.25) is 0 Å². The summed E-state index contributed by atoms with van der Waals surface area (Å²) in [6.07, 6.45) is 0. The first-order valence-corrected chi connectivity index (χ1v) is 7.45. The van der Waals surface area contributed by atoms with Gasteiger partial charge in [-0.15, -0.1) is 0 Å². The minimum Gasteiger partial charge on any atom is -0.497 e. The van der Waals surface area contributed by atoms with E-state index in [2.05, 4.69) is 4.98 Å². The molecule has 1 aromatic heterocycles. The molecule has 0 aliphatic heterocycles. The average molecular weight is 317 g/mol. The van der Waals surface area contributed by atoms with Crippen LogP contribution in [0.5, 0.6) is 5.75 Å². The lowest BCUT2D eigenvalue weighted by molar-refractivity contribution is -0.133. The Balaban J connectivity index is 2.30. The number of carbonyl (C=O) groups is 1. The first-order chi connectivity index (χ1) is 10.8. The molecule has 1 atom stereocenters. The molecule has 0 spiro atoms. The largest absolute Gasteiger partial charge is 0.497 e. The predicted molar refractivity (Wildman–Crippen MR) is 90.7 cm³/mol. The van der Waals surface area contributed by atoms with E-state index in [1.165, 1.54) is 0 Å². The molecule has 1 amide bonds. The van der Waals surface area contributed by atoms with Gasteiger partial charge in [0.05, 0.1) is 13.2 Å². The lowest BCUT2D eigenvalue weighted by Gasteiger charge is -2.26. The molecular weight excluding hydrogens is 294 g/mol. The van der Waals surface area contributed by atoms with Crippen LogP contribution in [0.25, 0.3) is 10.9 Å². The summed E-state index contributed by atoms with van der Waals surface area (Å²) in [7, 11) is 6.89. The molecule has 1 unspecified atom stereocenters. The smallest absolute Gasteiger partial charge is 0.252 e. The minimum absolute atomic E-state index is 0.00591. The molecule has 0 aliphatic carbocycles. The number of carbonyl (C=O) groups excluding carboxylic acids is 1. The molecule has 0 saturated heterocycles. The summed E-state index contributed by atoms with van der Waals surface area (Å²) < 4.78 is 5.22. The van der Waals surface area contributed by atoms with Gasteiger partial charge in [0.1, 0.15) is 5.75 Å². The van der Waals surface area contributed by atoms with Gasteiger partial charge >= 0.3 is 0 Å². The van der Waals surface area contributed by atoms with Crippen LogP contribution in [-0.2, 0) is 11.3 Å². The number of aromatic amines is 1. The van der Waals surface area contributed by atoms with E-state index in [1.807, 2.05) is 43.1 Å². The third-order valence-electron chi connectivity index (χ3n) is 4.01. The predicted octanol–water partition coefficient (Wildman–Crippen LogP) is 1.45. The van der Waals surface area contributed by atoms with E-state index >= 15 is 0 Å². The number of methoxy groups -OCH3 is 1. The Morgan fingerprint density at radius 1 is 1.26 bits per heavy atom. The summed E-state index contributed by atoms with van der Waals surface area (Å²) in [5.41, 5.74) is 1.24. The topological polar surface area (TPSA) is 65.6 Å². The zero-order valence-corrected chi connectivity index (χ0v) is 14.2. The molecule has 6 heteroatoms. The number of nitrogens with one attached hydrogen (secondary N) is 1. The fourth-order valence-electron chi connectivity index (χ4n) is 2.44. The van der Waals surface area contributed by atoms with Crippen LogP contribution in [-0.4, -0.2) is 55.0 Å². The minimum atomic E-state index is -0.301. The highest BCUT2D eigenvalue weighted by atomic mass is 16.5. The van der Waals surface area contributed by atoms with E-state index in [-0.39, 0.29) is 17.5 Å². The second-order valence-corrected chi connectivity index (χ2v) is 5.90. The number of pyridine rings is 1. The molecule has 1 N–H and O–H groups in total. The van der Waals surface area contributed by atoms with Crippen molar-refractivity contribution in [3.8, 4) is 5.75 Å². The maximum atomic E-state index is 12.2. The van der Waals surface area contributed by atoms with Gasteiger partial charge in [-0.25, -0.2) is 0 Å². The molecular formula is C17H23N3O3. The van der Waals surface area contributed by atoms with Crippen LogP contribution in [0.3, 0.4) is 0 Å². The van der Waals surface area contributed by atoms with E-state index in [0.29, 0.717) is 12.1 Å². The summed E-state index contributed by atoms with van der Waals surface area (Å²) in [5.74, 6) is 0.742. The Morgan fingerprint density at radius 2 is 1.96 bits per heavy atom. The van der Waals surface area contributed by atoms with Gasteiger partial charge in [-0.2, -0.15) is 0 Å². The fraction of sp³-hybridized carbons (Fsp3) is 0.412. The molecule has 0 fully saturated rings. The number of aromatic nitrogens is 1.